The normalized spacial score (nSPS) is 10.2. The molecule has 0 bridgehead atoms. The summed E-state index contributed by atoms with van der Waals surface area (Å²) in [6.07, 6.45) is 3.27. The van der Waals surface area contributed by atoms with Crippen molar-refractivity contribution in [2.24, 2.45) is 0 Å². The number of nitrogens with zero attached hydrogens (tertiary/aromatic N) is 3. The van der Waals surface area contributed by atoms with E-state index in [0.717, 1.165) is 5.56 Å². The van der Waals surface area contributed by atoms with Gasteiger partial charge in [-0.2, -0.15) is 0 Å². The van der Waals surface area contributed by atoms with Crippen molar-refractivity contribution >= 4 is 23.2 Å². The van der Waals surface area contributed by atoms with Gasteiger partial charge in [0.05, 0.1) is 10.5 Å². The number of hydrogen-bond acceptors (Lipinski definition) is 4. The number of benzene rings is 1. The molecule has 7 heteroatoms. The number of amides is 1. The third-order valence-corrected chi connectivity index (χ3v) is 3.32. The van der Waals surface area contributed by atoms with Crippen LogP contribution in [0.3, 0.4) is 0 Å². The fourth-order valence-corrected chi connectivity index (χ4v) is 2.14. The molecule has 1 aromatic heterocycles. The maximum Gasteiger partial charge on any atom is 0.288 e. The second kappa shape index (κ2) is 6.32. The molecule has 1 amide bonds. The van der Waals surface area contributed by atoms with Gasteiger partial charge < -0.3 is 4.90 Å². The second-order valence-electron chi connectivity index (χ2n) is 4.41. The van der Waals surface area contributed by atoms with Gasteiger partial charge in [-0.15, -0.1) is 0 Å². The van der Waals surface area contributed by atoms with Crippen molar-refractivity contribution in [2.75, 3.05) is 7.05 Å². The smallest absolute Gasteiger partial charge is 0.288 e. The zero-order chi connectivity index (χ0) is 15.4. The summed E-state index contributed by atoms with van der Waals surface area (Å²) in [5.41, 5.74) is 0.740. The van der Waals surface area contributed by atoms with Crippen molar-refractivity contribution in [3.05, 3.63) is 69.0 Å². The highest BCUT2D eigenvalue weighted by molar-refractivity contribution is 6.35. The molecule has 0 radical (unpaired) electrons. The largest absolute Gasteiger partial charge is 0.337 e. The monoisotopic (exact) mass is 305 g/mol. The molecule has 0 aliphatic heterocycles. The van der Waals surface area contributed by atoms with Crippen molar-refractivity contribution in [1.82, 2.24) is 9.88 Å². The molecule has 1 aromatic carbocycles. The third kappa shape index (κ3) is 3.35. The average molecular weight is 306 g/mol. The molecule has 0 spiro atoms. The molecule has 6 nitrogen and oxygen atoms in total. The summed E-state index contributed by atoms with van der Waals surface area (Å²) >= 11 is 5.95. The van der Waals surface area contributed by atoms with Gasteiger partial charge in [0.2, 0.25) is 0 Å². The minimum absolute atomic E-state index is 0.113. The molecule has 0 aliphatic carbocycles. The highest BCUT2D eigenvalue weighted by atomic mass is 35.5. The minimum Gasteiger partial charge on any atom is -0.337 e. The minimum atomic E-state index is -0.609. The van der Waals surface area contributed by atoms with E-state index in [1.54, 1.807) is 31.6 Å². The van der Waals surface area contributed by atoms with E-state index in [9.17, 15) is 14.9 Å². The summed E-state index contributed by atoms with van der Waals surface area (Å²) in [6, 6.07) is 7.76. The molecule has 1 heterocycles. The van der Waals surface area contributed by atoms with Gasteiger partial charge in [-0.1, -0.05) is 17.7 Å². The molecule has 21 heavy (non-hydrogen) atoms. The highest BCUT2D eigenvalue weighted by Gasteiger charge is 2.22. The van der Waals surface area contributed by atoms with Gasteiger partial charge in [-0.05, 0) is 23.8 Å². The van der Waals surface area contributed by atoms with E-state index in [2.05, 4.69) is 4.98 Å². The first-order valence-corrected chi connectivity index (χ1v) is 6.45. The van der Waals surface area contributed by atoms with Crippen molar-refractivity contribution in [3.8, 4) is 0 Å². The van der Waals surface area contributed by atoms with Crippen molar-refractivity contribution in [1.29, 1.82) is 0 Å². The molecule has 0 saturated heterocycles. The number of nitro groups is 1. The Balaban J connectivity index is 2.24. The quantitative estimate of drug-likeness (QED) is 0.643. The Hall–Kier alpha value is -2.47. The number of pyridine rings is 1. The summed E-state index contributed by atoms with van der Waals surface area (Å²) in [5, 5.41) is 10.7. The number of aromatic nitrogens is 1. The molecular formula is C14H12ClN3O3. The lowest BCUT2D eigenvalue weighted by molar-refractivity contribution is -0.384. The summed E-state index contributed by atoms with van der Waals surface area (Å²) in [5.74, 6) is -0.375. The average Bonchev–Trinajstić information content (AvgIpc) is 2.47. The Bertz CT molecular complexity index is 676. The lowest BCUT2D eigenvalue weighted by Gasteiger charge is -2.17. The first kappa shape index (κ1) is 14.9. The van der Waals surface area contributed by atoms with Crippen LogP contribution in [0.4, 0.5) is 5.69 Å². The van der Waals surface area contributed by atoms with Gasteiger partial charge in [0, 0.05) is 32.1 Å². The third-order valence-electron chi connectivity index (χ3n) is 2.92. The van der Waals surface area contributed by atoms with E-state index in [4.69, 9.17) is 11.6 Å². The number of nitro benzene ring substituents is 1. The maximum atomic E-state index is 12.3. The van der Waals surface area contributed by atoms with Gasteiger partial charge in [-0.3, -0.25) is 19.9 Å². The van der Waals surface area contributed by atoms with Gasteiger partial charge in [0.25, 0.3) is 11.6 Å². The Kier molecular flexibility index (Phi) is 4.49. The van der Waals surface area contributed by atoms with Crippen LogP contribution in [0.25, 0.3) is 0 Å². The summed E-state index contributed by atoms with van der Waals surface area (Å²) in [6.45, 7) is 0.361. The first-order chi connectivity index (χ1) is 10.0. The summed E-state index contributed by atoms with van der Waals surface area (Å²) in [4.78, 5) is 27.9. The fourth-order valence-electron chi connectivity index (χ4n) is 1.87. The molecular weight excluding hydrogens is 294 g/mol. The standard InChI is InChI=1S/C14H12ClN3O3/c1-17(9-10-5-7-16-8-6-10)14(19)11-3-2-4-12(13(11)15)18(20)21/h2-8H,9H2,1H3. The SMILES string of the molecule is CN(Cc1ccncc1)C(=O)c1cccc([N+](=O)[O-])c1Cl. The zero-order valence-corrected chi connectivity index (χ0v) is 11.9. The van der Waals surface area contributed by atoms with Gasteiger partial charge in [0.15, 0.2) is 0 Å². The topological polar surface area (TPSA) is 76.3 Å². The Labute approximate surface area is 126 Å². The van der Waals surface area contributed by atoms with Crippen LogP contribution in [0, 0.1) is 10.1 Å². The Morgan fingerprint density at radius 2 is 2.00 bits per heavy atom. The van der Waals surface area contributed by atoms with Gasteiger partial charge in [-0.25, -0.2) is 0 Å². The van der Waals surface area contributed by atoms with Crippen LogP contribution in [0.2, 0.25) is 5.02 Å². The molecule has 108 valence electrons. The van der Waals surface area contributed by atoms with E-state index in [1.807, 2.05) is 0 Å². The second-order valence-corrected chi connectivity index (χ2v) is 4.79. The molecule has 0 fully saturated rings. The maximum absolute atomic E-state index is 12.3. The van der Waals surface area contributed by atoms with Crippen molar-refractivity contribution in [3.63, 3.8) is 0 Å². The Morgan fingerprint density at radius 1 is 1.33 bits per heavy atom. The molecule has 0 saturated carbocycles. The first-order valence-electron chi connectivity index (χ1n) is 6.08. The number of halogens is 1. The highest BCUT2D eigenvalue weighted by Crippen LogP contribution is 2.28. The van der Waals surface area contributed by atoms with Crippen molar-refractivity contribution < 1.29 is 9.72 Å². The van der Waals surface area contributed by atoms with Gasteiger partial charge >= 0.3 is 0 Å². The van der Waals surface area contributed by atoms with Crippen LogP contribution in [0.15, 0.2) is 42.7 Å². The molecule has 0 unspecified atom stereocenters. The number of hydrogen-bond donors (Lipinski definition) is 0. The molecule has 2 aromatic rings. The van der Waals surface area contributed by atoms with E-state index >= 15 is 0 Å². The number of carbonyl (C=O) groups excluding carboxylic acids is 1. The van der Waals surface area contributed by atoms with E-state index < -0.39 is 4.92 Å². The lowest BCUT2D eigenvalue weighted by Crippen LogP contribution is -2.26. The van der Waals surface area contributed by atoms with Crippen molar-refractivity contribution in [2.45, 2.75) is 6.54 Å². The van der Waals surface area contributed by atoms with E-state index in [0.29, 0.717) is 6.54 Å². The van der Waals surface area contributed by atoms with Gasteiger partial charge in [0.1, 0.15) is 5.02 Å². The zero-order valence-electron chi connectivity index (χ0n) is 11.2. The summed E-state index contributed by atoms with van der Waals surface area (Å²) in [7, 11) is 1.61. The summed E-state index contributed by atoms with van der Waals surface area (Å²) < 4.78 is 0. The van der Waals surface area contributed by atoms with Crippen LogP contribution in [0.1, 0.15) is 15.9 Å². The molecule has 2 rings (SSSR count). The molecule has 0 aliphatic rings. The predicted molar refractivity (Wildman–Crippen MR) is 78.1 cm³/mol. The molecule has 0 atom stereocenters. The van der Waals surface area contributed by atoms with E-state index in [-0.39, 0.29) is 22.2 Å². The predicted octanol–water partition coefficient (Wildman–Crippen LogP) is 2.92. The number of rotatable bonds is 4. The number of carbonyl (C=O) groups is 1. The van der Waals surface area contributed by atoms with Crippen LogP contribution in [-0.2, 0) is 6.54 Å². The Morgan fingerprint density at radius 3 is 2.62 bits per heavy atom. The van der Waals surface area contributed by atoms with Crippen LogP contribution >= 0.6 is 11.6 Å². The lowest BCUT2D eigenvalue weighted by atomic mass is 10.1. The van der Waals surface area contributed by atoms with Crippen LogP contribution < -0.4 is 0 Å². The van der Waals surface area contributed by atoms with E-state index in [1.165, 1.54) is 23.1 Å². The molecule has 0 N–H and O–H groups in total. The van der Waals surface area contributed by atoms with Crippen LogP contribution in [-0.4, -0.2) is 27.8 Å². The fraction of sp³-hybridized carbons (Fsp3) is 0.143. The van der Waals surface area contributed by atoms with Crippen LogP contribution in [0.5, 0.6) is 0 Å².